The first-order valence-corrected chi connectivity index (χ1v) is 16.5. The number of aryl methyl sites for hydroxylation is 3. The molecule has 0 unspecified atom stereocenters. The number of para-hydroxylation sites is 4. The van der Waals surface area contributed by atoms with Crippen molar-refractivity contribution in [1.29, 1.82) is 0 Å². The Morgan fingerprint density at radius 2 is 1.52 bits per heavy atom. The molecular weight excluding hydrogens is 765 g/mol. The van der Waals surface area contributed by atoms with Gasteiger partial charge in [0.2, 0.25) is 0 Å². The summed E-state index contributed by atoms with van der Waals surface area (Å²) in [6, 6.07) is 43.8. The summed E-state index contributed by atoms with van der Waals surface area (Å²) in [7, 11) is 0. The van der Waals surface area contributed by atoms with Gasteiger partial charge in [0.05, 0.1) is 0 Å². The van der Waals surface area contributed by atoms with E-state index in [4.69, 9.17) is 0 Å². The van der Waals surface area contributed by atoms with Crippen molar-refractivity contribution in [3.63, 3.8) is 0 Å². The molecule has 5 heteroatoms. The van der Waals surface area contributed by atoms with E-state index in [1.54, 1.807) is 0 Å². The number of nitrogens with zero attached hydrogens (tertiary/aromatic N) is 4. The Balaban J connectivity index is 0.000000193. The predicted octanol–water partition coefficient (Wildman–Crippen LogP) is 11.0. The number of unbranched alkanes of at least 4 members (excludes halogenated alkanes) is 1. The van der Waals surface area contributed by atoms with Crippen molar-refractivity contribution < 1.29 is 20.1 Å². The molecule has 1 aliphatic heterocycles. The Morgan fingerprint density at radius 3 is 2.31 bits per heavy atom. The zero-order chi connectivity index (χ0) is 32.1. The fraction of sp³-hybridized carbons (Fsp3) is 0.163. The number of anilines is 3. The van der Waals surface area contributed by atoms with Crippen LogP contribution in [-0.2, 0) is 20.1 Å². The second-order valence-corrected chi connectivity index (χ2v) is 12.6. The van der Waals surface area contributed by atoms with Crippen molar-refractivity contribution in [2.75, 3.05) is 16.3 Å². The summed E-state index contributed by atoms with van der Waals surface area (Å²) >= 11 is 0. The first-order valence-electron chi connectivity index (χ1n) is 16.5. The maximum atomic E-state index is 4.41. The van der Waals surface area contributed by atoms with Gasteiger partial charge in [-0.25, -0.2) is 0 Å². The number of aromatic nitrogens is 2. The van der Waals surface area contributed by atoms with E-state index in [0.717, 1.165) is 23.5 Å². The third kappa shape index (κ3) is 5.41. The van der Waals surface area contributed by atoms with E-state index in [1.165, 1.54) is 79.0 Å². The monoisotopic (exact) mass is 802 g/mol. The molecule has 0 saturated carbocycles. The first-order chi connectivity index (χ1) is 23.0. The number of hydrogen-bond acceptors (Lipinski definition) is 3. The minimum Gasteiger partial charge on any atom is -0.501 e. The van der Waals surface area contributed by atoms with Crippen molar-refractivity contribution >= 4 is 55.2 Å². The van der Waals surface area contributed by atoms with Gasteiger partial charge in [0.1, 0.15) is 0 Å². The topological polar surface area (TPSA) is 23.8 Å². The van der Waals surface area contributed by atoms with Crippen molar-refractivity contribution in [3.05, 3.63) is 145 Å². The standard InChI is InChI=1S/C29H23N3.C14H14N.Ir/c1-2-3-17-30-19-31(28-14-7-6-13-27(28)30)20-15-16-26-24(18-20)23-11-8-10-22-21-9-4-5-12-25(21)32(26)29(22)23;1-10-4-6-13(7-5-10)14-8-11(2)12(3)9-15-14;/h4-16,19H,2-3,17H2,1H3;4-6,8-9H,1-3H3;/q-2;-1;+3. The van der Waals surface area contributed by atoms with Crippen LogP contribution in [0.15, 0.2) is 109 Å². The van der Waals surface area contributed by atoms with Crippen LogP contribution in [0.2, 0.25) is 0 Å². The molecule has 0 amide bonds. The Morgan fingerprint density at radius 1 is 0.750 bits per heavy atom. The molecule has 238 valence electrons. The molecule has 5 aromatic carbocycles. The normalized spacial score (nSPS) is 12.5. The summed E-state index contributed by atoms with van der Waals surface area (Å²) in [5.74, 6) is 0. The van der Waals surface area contributed by atoms with Gasteiger partial charge >= 0.3 is 20.1 Å². The van der Waals surface area contributed by atoms with Gasteiger partial charge in [-0.05, 0) is 67.2 Å². The van der Waals surface area contributed by atoms with Crippen molar-refractivity contribution in [2.45, 2.75) is 40.5 Å². The van der Waals surface area contributed by atoms with Crippen LogP contribution in [0, 0.1) is 39.6 Å². The maximum Gasteiger partial charge on any atom is 3.00 e. The fourth-order valence-corrected chi connectivity index (χ4v) is 6.78. The molecule has 0 bridgehead atoms. The molecule has 8 aromatic rings. The van der Waals surface area contributed by atoms with Crippen molar-refractivity contribution in [1.82, 2.24) is 9.38 Å². The SMILES string of the molecule is CCCCN1[CH-]N(c2[c-]c3c4cccc5c6ccccc6n(c3cc2)c45)c2ccccc21.Cc1c[c-]c(-c2cc(C)c(C)cn2)cc1.[Ir+3]. The molecule has 4 nitrogen and oxygen atoms in total. The van der Waals surface area contributed by atoms with Crippen LogP contribution in [0.1, 0.15) is 36.5 Å². The van der Waals surface area contributed by atoms with E-state index in [2.05, 4.69) is 163 Å². The molecule has 3 aromatic heterocycles. The summed E-state index contributed by atoms with van der Waals surface area (Å²) in [4.78, 5) is 9.07. The Bertz CT molecular complexity index is 2370. The van der Waals surface area contributed by atoms with Gasteiger partial charge in [0.15, 0.2) is 0 Å². The average molecular weight is 802 g/mol. The van der Waals surface area contributed by atoms with Gasteiger partial charge in [-0.3, -0.25) is 0 Å². The van der Waals surface area contributed by atoms with E-state index in [1.807, 2.05) is 12.3 Å². The van der Waals surface area contributed by atoms with Crippen molar-refractivity contribution in [3.8, 4) is 11.3 Å². The van der Waals surface area contributed by atoms with Crippen LogP contribution in [0.5, 0.6) is 0 Å². The number of fused-ring (bicyclic) bond motifs is 7. The second kappa shape index (κ2) is 13.1. The largest absolute Gasteiger partial charge is 3.00 e. The van der Waals surface area contributed by atoms with Crippen LogP contribution in [0.4, 0.5) is 17.1 Å². The fourth-order valence-electron chi connectivity index (χ4n) is 6.78. The van der Waals surface area contributed by atoms with Crippen LogP contribution in [0.3, 0.4) is 0 Å². The molecule has 0 aliphatic carbocycles. The molecule has 0 saturated heterocycles. The van der Waals surface area contributed by atoms with E-state index in [9.17, 15) is 0 Å². The summed E-state index contributed by atoms with van der Waals surface area (Å²) in [5, 5.41) is 5.08. The molecule has 0 spiro atoms. The van der Waals surface area contributed by atoms with Gasteiger partial charge < -0.3 is 19.2 Å². The zero-order valence-corrected chi connectivity index (χ0v) is 30.1. The van der Waals surface area contributed by atoms with Gasteiger partial charge in [-0.2, -0.15) is 6.67 Å². The summed E-state index contributed by atoms with van der Waals surface area (Å²) in [6.45, 7) is 11.8. The molecule has 48 heavy (non-hydrogen) atoms. The van der Waals surface area contributed by atoms with E-state index < -0.39 is 0 Å². The van der Waals surface area contributed by atoms with Crippen LogP contribution in [0.25, 0.3) is 49.4 Å². The third-order valence-corrected chi connectivity index (χ3v) is 9.45. The zero-order valence-electron chi connectivity index (χ0n) is 27.7. The molecule has 0 fully saturated rings. The van der Waals surface area contributed by atoms with Crippen LogP contribution in [-0.4, -0.2) is 15.9 Å². The maximum absolute atomic E-state index is 4.41. The summed E-state index contributed by atoms with van der Waals surface area (Å²) in [6.07, 6.45) is 4.28. The Kier molecular flexibility index (Phi) is 8.68. The number of rotatable bonds is 5. The molecule has 0 N–H and O–H groups in total. The smallest absolute Gasteiger partial charge is 0.501 e. The van der Waals surface area contributed by atoms with Crippen LogP contribution >= 0.6 is 0 Å². The number of pyridine rings is 1. The molecule has 4 heterocycles. The van der Waals surface area contributed by atoms with Gasteiger partial charge in [-0.15, -0.1) is 59.0 Å². The van der Waals surface area contributed by atoms with Gasteiger partial charge in [0, 0.05) is 34.0 Å². The predicted molar refractivity (Wildman–Crippen MR) is 198 cm³/mol. The quantitative estimate of drug-likeness (QED) is 0.162. The van der Waals surface area contributed by atoms with E-state index in [0.29, 0.717) is 0 Å². The van der Waals surface area contributed by atoms with E-state index >= 15 is 0 Å². The summed E-state index contributed by atoms with van der Waals surface area (Å²) in [5.41, 5.74) is 13.1. The molecule has 9 rings (SSSR count). The summed E-state index contributed by atoms with van der Waals surface area (Å²) < 4.78 is 2.41. The first kappa shape index (κ1) is 31.9. The number of benzene rings is 5. The minimum absolute atomic E-state index is 0. The molecule has 0 atom stereocenters. The number of hydrogen-bond donors (Lipinski definition) is 0. The van der Waals surface area contributed by atoms with Crippen molar-refractivity contribution in [2.24, 2.45) is 0 Å². The minimum atomic E-state index is 0. The average Bonchev–Trinajstić information content (AvgIpc) is 3.76. The molecule has 0 radical (unpaired) electrons. The molecule has 1 aliphatic rings. The molecular formula is C43H37IrN4. The third-order valence-electron chi connectivity index (χ3n) is 9.45. The Hall–Kier alpha value is -4.70. The Labute approximate surface area is 296 Å². The van der Waals surface area contributed by atoms with E-state index in [-0.39, 0.29) is 20.1 Å². The van der Waals surface area contributed by atoms with Gasteiger partial charge in [-0.1, -0.05) is 91.5 Å². The van der Waals surface area contributed by atoms with Crippen LogP contribution < -0.4 is 9.80 Å². The van der Waals surface area contributed by atoms with Gasteiger partial charge in [0.25, 0.3) is 0 Å². The second-order valence-electron chi connectivity index (χ2n) is 12.6.